The molecular weight excluding hydrogens is 261 g/mol. The predicted octanol–water partition coefficient (Wildman–Crippen LogP) is 3.24. The summed E-state index contributed by atoms with van der Waals surface area (Å²) in [7, 11) is 1.55. The van der Waals surface area contributed by atoms with Gasteiger partial charge in [0, 0.05) is 12.6 Å². The first-order chi connectivity index (χ1) is 9.72. The van der Waals surface area contributed by atoms with Gasteiger partial charge in [-0.3, -0.25) is 0 Å². The van der Waals surface area contributed by atoms with Crippen LogP contribution in [0.5, 0.6) is 17.4 Å². The van der Waals surface area contributed by atoms with Crippen molar-refractivity contribution in [3.63, 3.8) is 0 Å². The van der Waals surface area contributed by atoms with E-state index in [4.69, 9.17) is 9.47 Å². The molecule has 20 heavy (non-hydrogen) atoms. The maximum absolute atomic E-state index is 13.7. The van der Waals surface area contributed by atoms with Crippen molar-refractivity contribution in [2.75, 3.05) is 19.0 Å². The van der Waals surface area contributed by atoms with Crippen LogP contribution in [-0.4, -0.2) is 23.6 Å². The van der Waals surface area contributed by atoms with Gasteiger partial charge < -0.3 is 14.8 Å². The van der Waals surface area contributed by atoms with Crippen molar-refractivity contribution in [2.24, 2.45) is 0 Å². The summed E-state index contributed by atoms with van der Waals surface area (Å²) in [6.45, 7) is 2.73. The molecule has 2 aromatic rings. The molecule has 0 aliphatic heterocycles. The van der Waals surface area contributed by atoms with Crippen LogP contribution < -0.4 is 14.8 Å². The highest BCUT2D eigenvalue weighted by Crippen LogP contribution is 2.25. The van der Waals surface area contributed by atoms with Gasteiger partial charge >= 0.3 is 0 Å². The Morgan fingerprint density at radius 2 is 2.10 bits per heavy atom. The van der Waals surface area contributed by atoms with E-state index >= 15 is 0 Å². The smallest absolute Gasteiger partial charge is 0.260 e. The Kier molecular flexibility index (Phi) is 4.70. The number of ether oxygens (including phenoxy) is 2. The topological polar surface area (TPSA) is 56.3 Å². The maximum atomic E-state index is 13.7. The third kappa shape index (κ3) is 3.57. The molecule has 0 unspecified atom stereocenters. The molecule has 1 aromatic carbocycles. The molecule has 106 valence electrons. The minimum absolute atomic E-state index is 0.119. The average Bonchev–Trinajstić information content (AvgIpc) is 2.48. The van der Waals surface area contributed by atoms with Gasteiger partial charge in [-0.2, -0.15) is 9.37 Å². The molecule has 5 nitrogen and oxygen atoms in total. The predicted molar refractivity (Wildman–Crippen MR) is 73.8 cm³/mol. The number of nitrogens with zero attached hydrogens (tertiary/aromatic N) is 2. The summed E-state index contributed by atoms with van der Waals surface area (Å²) in [5.41, 5.74) is 0. The molecule has 0 fully saturated rings. The van der Waals surface area contributed by atoms with Gasteiger partial charge in [-0.05, 0) is 18.6 Å². The van der Waals surface area contributed by atoms with Gasteiger partial charge in [-0.25, -0.2) is 4.98 Å². The van der Waals surface area contributed by atoms with Gasteiger partial charge in [0.25, 0.3) is 5.88 Å². The first kappa shape index (κ1) is 14.0. The van der Waals surface area contributed by atoms with E-state index in [9.17, 15) is 4.39 Å². The molecule has 0 aliphatic rings. The average molecular weight is 277 g/mol. The minimum Gasteiger partial charge on any atom is -0.497 e. The highest BCUT2D eigenvalue weighted by atomic mass is 19.1. The van der Waals surface area contributed by atoms with Crippen LogP contribution in [0.2, 0.25) is 0 Å². The van der Waals surface area contributed by atoms with Gasteiger partial charge in [0.05, 0.1) is 13.3 Å². The number of anilines is 1. The van der Waals surface area contributed by atoms with E-state index in [2.05, 4.69) is 15.3 Å². The minimum atomic E-state index is -0.616. The van der Waals surface area contributed by atoms with Crippen LogP contribution >= 0.6 is 0 Å². The quantitative estimate of drug-likeness (QED) is 0.878. The zero-order valence-electron chi connectivity index (χ0n) is 11.4. The number of aromatic nitrogens is 2. The van der Waals surface area contributed by atoms with Crippen LogP contribution in [0.3, 0.4) is 0 Å². The highest BCUT2D eigenvalue weighted by molar-refractivity contribution is 5.36. The van der Waals surface area contributed by atoms with Crippen LogP contribution in [0.15, 0.2) is 30.5 Å². The molecule has 0 saturated heterocycles. The van der Waals surface area contributed by atoms with Crippen LogP contribution in [0.4, 0.5) is 10.3 Å². The Morgan fingerprint density at radius 1 is 1.30 bits per heavy atom. The summed E-state index contributed by atoms with van der Waals surface area (Å²) in [5.74, 6) is 0.678. The van der Waals surface area contributed by atoms with Gasteiger partial charge in [0.15, 0.2) is 0 Å². The lowest BCUT2D eigenvalue weighted by atomic mass is 10.3. The molecule has 1 aromatic heterocycles. The van der Waals surface area contributed by atoms with Crippen molar-refractivity contribution in [3.8, 4) is 17.4 Å². The third-order valence-electron chi connectivity index (χ3n) is 2.50. The Morgan fingerprint density at radius 3 is 2.85 bits per heavy atom. The first-order valence-electron chi connectivity index (χ1n) is 6.31. The van der Waals surface area contributed by atoms with Crippen molar-refractivity contribution in [1.82, 2.24) is 9.97 Å². The molecule has 0 radical (unpaired) electrons. The number of nitrogens with one attached hydrogen (secondary N) is 1. The van der Waals surface area contributed by atoms with Gasteiger partial charge in [-0.1, -0.05) is 13.0 Å². The largest absolute Gasteiger partial charge is 0.497 e. The van der Waals surface area contributed by atoms with E-state index in [0.717, 1.165) is 12.6 Å². The molecule has 1 N–H and O–H groups in total. The zero-order chi connectivity index (χ0) is 14.4. The number of hydrogen-bond donors (Lipinski definition) is 1. The van der Waals surface area contributed by atoms with Gasteiger partial charge in [0.1, 0.15) is 11.5 Å². The lowest BCUT2D eigenvalue weighted by Gasteiger charge is -2.09. The Hall–Kier alpha value is -2.37. The number of halogens is 1. The lowest BCUT2D eigenvalue weighted by molar-refractivity contribution is 0.399. The fourth-order valence-corrected chi connectivity index (χ4v) is 1.52. The van der Waals surface area contributed by atoms with E-state index < -0.39 is 5.82 Å². The second-order valence-corrected chi connectivity index (χ2v) is 4.05. The van der Waals surface area contributed by atoms with Crippen molar-refractivity contribution < 1.29 is 13.9 Å². The van der Waals surface area contributed by atoms with Gasteiger partial charge in [0.2, 0.25) is 11.8 Å². The number of methoxy groups -OCH3 is 1. The molecule has 0 aliphatic carbocycles. The summed E-state index contributed by atoms with van der Waals surface area (Å²) in [4.78, 5) is 7.85. The number of hydrogen-bond acceptors (Lipinski definition) is 5. The van der Waals surface area contributed by atoms with Crippen molar-refractivity contribution >= 4 is 5.95 Å². The second-order valence-electron chi connectivity index (χ2n) is 4.05. The molecule has 1 heterocycles. The monoisotopic (exact) mass is 277 g/mol. The third-order valence-corrected chi connectivity index (χ3v) is 2.50. The molecule has 0 bridgehead atoms. The van der Waals surface area contributed by atoms with E-state index in [1.807, 2.05) is 6.92 Å². The molecule has 0 atom stereocenters. The molecule has 6 heteroatoms. The van der Waals surface area contributed by atoms with Crippen molar-refractivity contribution in [1.29, 1.82) is 0 Å². The second kappa shape index (κ2) is 6.70. The molecular formula is C14H16FN3O2. The normalized spacial score (nSPS) is 10.2. The van der Waals surface area contributed by atoms with Crippen LogP contribution in [0, 0.1) is 5.82 Å². The SMILES string of the molecule is CCCNc1ncc(F)c(Oc2cccc(OC)c2)n1. The Balaban J connectivity index is 2.18. The first-order valence-corrected chi connectivity index (χ1v) is 6.31. The van der Waals surface area contributed by atoms with E-state index in [-0.39, 0.29) is 5.88 Å². The highest BCUT2D eigenvalue weighted by Gasteiger charge is 2.09. The summed E-state index contributed by atoms with van der Waals surface area (Å²) in [6, 6.07) is 6.88. The summed E-state index contributed by atoms with van der Waals surface area (Å²) in [6.07, 6.45) is 2.01. The standard InChI is InChI=1S/C14H16FN3O2/c1-3-7-16-14-17-9-12(15)13(18-14)20-11-6-4-5-10(8-11)19-2/h4-6,8-9H,3,7H2,1-2H3,(H,16,17,18). The Bertz CT molecular complexity index is 578. The fourth-order valence-electron chi connectivity index (χ4n) is 1.52. The number of benzene rings is 1. The summed E-state index contributed by atoms with van der Waals surface area (Å²) in [5, 5.41) is 2.98. The van der Waals surface area contributed by atoms with Crippen LogP contribution in [-0.2, 0) is 0 Å². The summed E-state index contributed by atoms with van der Waals surface area (Å²) >= 11 is 0. The van der Waals surface area contributed by atoms with E-state index in [0.29, 0.717) is 24.0 Å². The zero-order valence-corrected chi connectivity index (χ0v) is 11.4. The van der Waals surface area contributed by atoms with E-state index in [1.165, 1.54) is 0 Å². The lowest BCUT2D eigenvalue weighted by Crippen LogP contribution is -2.05. The molecule has 0 amide bonds. The maximum Gasteiger partial charge on any atom is 0.260 e. The van der Waals surface area contributed by atoms with Crippen LogP contribution in [0.1, 0.15) is 13.3 Å². The van der Waals surface area contributed by atoms with Gasteiger partial charge in [-0.15, -0.1) is 0 Å². The Labute approximate surface area is 116 Å². The molecule has 0 spiro atoms. The van der Waals surface area contributed by atoms with Crippen molar-refractivity contribution in [2.45, 2.75) is 13.3 Å². The molecule has 0 saturated carbocycles. The summed E-state index contributed by atoms with van der Waals surface area (Å²) < 4.78 is 24.2. The fraction of sp³-hybridized carbons (Fsp3) is 0.286. The van der Waals surface area contributed by atoms with Crippen LogP contribution in [0.25, 0.3) is 0 Å². The number of rotatable bonds is 6. The van der Waals surface area contributed by atoms with E-state index in [1.54, 1.807) is 31.4 Å². The molecule has 2 rings (SSSR count). The van der Waals surface area contributed by atoms with Crippen molar-refractivity contribution in [3.05, 3.63) is 36.3 Å².